The highest BCUT2D eigenvalue weighted by molar-refractivity contribution is 5.75. The molecule has 1 aromatic heterocycles. The van der Waals surface area contributed by atoms with Crippen molar-refractivity contribution in [2.45, 2.75) is 6.61 Å². The van der Waals surface area contributed by atoms with E-state index in [-0.39, 0.29) is 29.2 Å². The number of aromatic nitrogens is 1. The van der Waals surface area contributed by atoms with Crippen molar-refractivity contribution < 1.29 is 23.0 Å². The van der Waals surface area contributed by atoms with Crippen molar-refractivity contribution in [2.24, 2.45) is 12.8 Å². The summed E-state index contributed by atoms with van der Waals surface area (Å²) >= 11 is 0. The van der Waals surface area contributed by atoms with Crippen LogP contribution in [0, 0.1) is 11.6 Å². The summed E-state index contributed by atoms with van der Waals surface area (Å²) in [7, 11) is 3.27. The van der Waals surface area contributed by atoms with Crippen LogP contribution in [0.15, 0.2) is 53.5 Å². The van der Waals surface area contributed by atoms with Crippen LogP contribution >= 0.6 is 0 Å². The fraction of sp³-hybridized carbons (Fsp3) is 0.143. The molecule has 3 N–H and O–H groups in total. The molecule has 0 unspecified atom stereocenters. The molecule has 1 amide bonds. The number of aryl methyl sites for hydroxylation is 1. The molecule has 9 heteroatoms. The van der Waals surface area contributed by atoms with Gasteiger partial charge in [-0.25, -0.2) is 13.6 Å². The molecule has 0 fully saturated rings. The maximum Gasteiger partial charge on any atom is 0.404 e. The number of anilines is 1. The van der Waals surface area contributed by atoms with Crippen LogP contribution in [0.25, 0.3) is 11.1 Å². The lowest BCUT2D eigenvalue weighted by Crippen LogP contribution is -2.23. The Bertz CT molecular complexity index is 1160. The number of hydrogen-bond acceptors (Lipinski definition) is 5. The van der Waals surface area contributed by atoms with E-state index in [9.17, 15) is 18.4 Å². The van der Waals surface area contributed by atoms with E-state index in [0.29, 0.717) is 11.1 Å². The van der Waals surface area contributed by atoms with Gasteiger partial charge in [0.05, 0.1) is 5.56 Å². The average molecular weight is 415 g/mol. The number of primary amides is 1. The molecule has 0 aliphatic rings. The first-order chi connectivity index (χ1) is 14.3. The molecular weight excluding hydrogens is 396 g/mol. The van der Waals surface area contributed by atoms with Crippen LogP contribution in [-0.2, 0) is 18.4 Å². The Balaban J connectivity index is 2.10. The van der Waals surface area contributed by atoms with Gasteiger partial charge in [0, 0.05) is 43.2 Å². The second kappa shape index (κ2) is 8.64. The highest BCUT2D eigenvalue weighted by Gasteiger charge is 2.15. The number of ether oxygens (including phenoxy) is 2. The van der Waals surface area contributed by atoms with Gasteiger partial charge in [0.2, 0.25) is 0 Å². The molecule has 0 aliphatic heterocycles. The predicted octanol–water partition coefficient (Wildman–Crippen LogP) is 3.76. The van der Waals surface area contributed by atoms with Crippen molar-refractivity contribution in [1.82, 2.24) is 4.57 Å². The summed E-state index contributed by atoms with van der Waals surface area (Å²) in [5.41, 5.74) is 6.64. The normalized spacial score (nSPS) is 10.5. The number of rotatable bonds is 6. The Hall–Kier alpha value is -3.88. The van der Waals surface area contributed by atoms with Crippen molar-refractivity contribution in [3.63, 3.8) is 0 Å². The zero-order valence-corrected chi connectivity index (χ0v) is 16.2. The molecule has 0 radical (unpaired) electrons. The van der Waals surface area contributed by atoms with Gasteiger partial charge >= 0.3 is 6.09 Å². The van der Waals surface area contributed by atoms with E-state index in [2.05, 4.69) is 5.32 Å². The van der Waals surface area contributed by atoms with Gasteiger partial charge in [-0.3, -0.25) is 4.79 Å². The highest BCUT2D eigenvalue weighted by Crippen LogP contribution is 2.36. The monoisotopic (exact) mass is 415 g/mol. The number of carbonyl (C=O) groups is 1. The number of hydrogen-bond donors (Lipinski definition) is 2. The van der Waals surface area contributed by atoms with Crippen LogP contribution in [0.2, 0.25) is 0 Å². The van der Waals surface area contributed by atoms with Crippen LogP contribution in [-0.4, -0.2) is 17.7 Å². The van der Waals surface area contributed by atoms with E-state index in [0.717, 1.165) is 17.8 Å². The Kier molecular flexibility index (Phi) is 6.01. The number of carbonyl (C=O) groups excluding carboxylic acids is 1. The maximum absolute atomic E-state index is 14.1. The minimum Gasteiger partial charge on any atom is -0.454 e. The molecule has 1 heterocycles. The van der Waals surface area contributed by atoms with Gasteiger partial charge in [0.1, 0.15) is 18.2 Å². The Morgan fingerprint density at radius 2 is 1.87 bits per heavy atom. The number of nitrogens with zero attached hydrogens (tertiary/aromatic N) is 1. The molecular formula is C21H19F2N3O4. The van der Waals surface area contributed by atoms with E-state index < -0.39 is 17.7 Å². The van der Waals surface area contributed by atoms with Gasteiger partial charge in [-0.2, -0.15) is 0 Å². The van der Waals surface area contributed by atoms with E-state index in [1.165, 1.54) is 16.7 Å². The Morgan fingerprint density at radius 1 is 1.13 bits per heavy atom. The number of nitrogens with two attached hydrogens (primary N) is 1. The number of amides is 1. The van der Waals surface area contributed by atoms with E-state index in [1.807, 2.05) is 0 Å². The lowest BCUT2D eigenvalue weighted by molar-refractivity contribution is 0.149. The SMILES string of the molecule is CNc1ccc(Oc2ccc(F)cc2F)c(-c2cc(COC(N)=O)c(=O)n(C)c2)c1. The molecule has 0 bridgehead atoms. The first-order valence-corrected chi connectivity index (χ1v) is 8.85. The van der Waals surface area contributed by atoms with Crippen LogP contribution in [0.1, 0.15) is 5.56 Å². The van der Waals surface area contributed by atoms with Crippen molar-refractivity contribution in [1.29, 1.82) is 0 Å². The van der Waals surface area contributed by atoms with Gasteiger partial charge in [-0.15, -0.1) is 0 Å². The second-order valence-corrected chi connectivity index (χ2v) is 6.42. The summed E-state index contributed by atoms with van der Waals surface area (Å²) in [6, 6.07) is 9.62. The van der Waals surface area contributed by atoms with Crippen molar-refractivity contribution in [3.05, 3.63) is 76.2 Å². The minimum atomic E-state index is -1.00. The molecule has 0 saturated heterocycles. The van der Waals surface area contributed by atoms with Crippen molar-refractivity contribution in [3.8, 4) is 22.6 Å². The quantitative estimate of drug-likeness (QED) is 0.639. The molecule has 0 spiro atoms. The number of halogens is 2. The molecule has 7 nitrogen and oxygen atoms in total. The topological polar surface area (TPSA) is 95.6 Å². The summed E-state index contributed by atoms with van der Waals surface area (Å²) < 4.78 is 39.1. The largest absolute Gasteiger partial charge is 0.454 e. The highest BCUT2D eigenvalue weighted by atomic mass is 19.1. The predicted molar refractivity (Wildman–Crippen MR) is 107 cm³/mol. The third-order valence-corrected chi connectivity index (χ3v) is 4.32. The fourth-order valence-electron chi connectivity index (χ4n) is 2.86. The molecule has 3 aromatic rings. The number of pyridine rings is 1. The zero-order valence-electron chi connectivity index (χ0n) is 16.2. The molecule has 156 valence electrons. The fourth-order valence-corrected chi connectivity index (χ4v) is 2.86. The summed E-state index contributed by atoms with van der Waals surface area (Å²) in [4.78, 5) is 23.3. The third kappa shape index (κ3) is 4.57. The van der Waals surface area contributed by atoms with Crippen LogP contribution in [0.3, 0.4) is 0 Å². The van der Waals surface area contributed by atoms with Crippen molar-refractivity contribution in [2.75, 3.05) is 12.4 Å². The summed E-state index contributed by atoms with van der Waals surface area (Å²) in [5.74, 6) is -1.45. The van der Waals surface area contributed by atoms with Gasteiger partial charge in [-0.05, 0) is 36.4 Å². The molecule has 30 heavy (non-hydrogen) atoms. The first-order valence-electron chi connectivity index (χ1n) is 8.85. The van der Waals surface area contributed by atoms with Gasteiger partial charge in [-0.1, -0.05) is 0 Å². The van der Waals surface area contributed by atoms with Crippen LogP contribution in [0.5, 0.6) is 11.5 Å². The Morgan fingerprint density at radius 3 is 2.53 bits per heavy atom. The van der Waals surface area contributed by atoms with Crippen LogP contribution < -0.4 is 21.3 Å². The standard InChI is InChI=1S/C21H19F2N3O4/c1-25-15-4-6-18(30-19-5-3-14(22)8-17(19)23)16(9-15)12-7-13(11-29-21(24)28)20(27)26(2)10-12/h3-10,25H,11H2,1-2H3,(H2,24,28). The van der Waals surface area contributed by atoms with Gasteiger partial charge < -0.3 is 25.1 Å². The summed E-state index contributed by atoms with van der Waals surface area (Å²) in [6.07, 6.45) is 0.564. The minimum absolute atomic E-state index is 0.156. The maximum atomic E-state index is 14.1. The number of nitrogens with one attached hydrogen (secondary N) is 1. The molecule has 0 atom stereocenters. The van der Waals surface area contributed by atoms with E-state index in [4.69, 9.17) is 15.2 Å². The van der Waals surface area contributed by atoms with Crippen LogP contribution in [0.4, 0.5) is 19.3 Å². The van der Waals surface area contributed by atoms with Gasteiger partial charge in [0.25, 0.3) is 5.56 Å². The second-order valence-electron chi connectivity index (χ2n) is 6.42. The lowest BCUT2D eigenvalue weighted by Gasteiger charge is -2.15. The molecule has 2 aromatic carbocycles. The third-order valence-electron chi connectivity index (χ3n) is 4.32. The number of benzene rings is 2. The lowest BCUT2D eigenvalue weighted by atomic mass is 10.0. The zero-order chi connectivity index (χ0) is 21.8. The summed E-state index contributed by atoms with van der Waals surface area (Å²) in [5, 5.41) is 2.99. The average Bonchev–Trinajstić information content (AvgIpc) is 2.71. The summed E-state index contributed by atoms with van der Waals surface area (Å²) in [6.45, 7) is -0.301. The Labute approximate surface area is 170 Å². The van der Waals surface area contributed by atoms with E-state index >= 15 is 0 Å². The molecule has 0 aliphatic carbocycles. The molecule has 3 rings (SSSR count). The first kappa shape index (κ1) is 20.8. The van der Waals surface area contributed by atoms with E-state index in [1.54, 1.807) is 38.5 Å². The van der Waals surface area contributed by atoms with Crippen molar-refractivity contribution >= 4 is 11.8 Å². The smallest absolute Gasteiger partial charge is 0.404 e. The molecule has 0 saturated carbocycles. The van der Waals surface area contributed by atoms with Gasteiger partial charge in [0.15, 0.2) is 11.6 Å².